The number of hydrogen-bond donors (Lipinski definition) is 1. The lowest BCUT2D eigenvalue weighted by atomic mass is 9.86. The van der Waals surface area contributed by atoms with Crippen molar-refractivity contribution in [1.29, 1.82) is 0 Å². The SMILES string of the molecule is C[C@@H]1CCCC[C@@H]1NC(=O)c1cccc(N(C)C)c1. The number of nitrogens with one attached hydrogen (secondary N) is 1. The highest BCUT2D eigenvalue weighted by Gasteiger charge is 2.23. The van der Waals surface area contributed by atoms with E-state index in [9.17, 15) is 4.79 Å². The van der Waals surface area contributed by atoms with Crippen LogP contribution in [0.3, 0.4) is 0 Å². The van der Waals surface area contributed by atoms with Crippen LogP contribution in [0.5, 0.6) is 0 Å². The number of carbonyl (C=O) groups excluding carboxylic acids is 1. The van der Waals surface area contributed by atoms with Gasteiger partial charge in [-0.3, -0.25) is 4.79 Å². The van der Waals surface area contributed by atoms with Crippen LogP contribution < -0.4 is 10.2 Å². The summed E-state index contributed by atoms with van der Waals surface area (Å²) in [5.74, 6) is 0.650. The molecule has 1 aromatic carbocycles. The molecule has 0 aliphatic heterocycles. The molecular formula is C16H24N2O. The molecule has 1 aliphatic carbocycles. The maximum atomic E-state index is 12.3. The molecule has 2 atom stereocenters. The molecule has 0 radical (unpaired) electrons. The van der Waals surface area contributed by atoms with Gasteiger partial charge in [-0.05, 0) is 37.0 Å². The Kier molecular flexibility index (Phi) is 4.46. The molecule has 1 N–H and O–H groups in total. The molecule has 1 amide bonds. The second-order valence-electron chi connectivity index (χ2n) is 5.79. The van der Waals surface area contributed by atoms with E-state index in [1.165, 1.54) is 19.3 Å². The molecule has 0 saturated heterocycles. The van der Waals surface area contributed by atoms with Crippen molar-refractivity contribution in [2.75, 3.05) is 19.0 Å². The smallest absolute Gasteiger partial charge is 0.251 e. The summed E-state index contributed by atoms with van der Waals surface area (Å²) in [7, 11) is 3.97. The van der Waals surface area contributed by atoms with E-state index >= 15 is 0 Å². The molecule has 1 saturated carbocycles. The number of benzene rings is 1. The molecule has 0 bridgehead atoms. The first-order valence-corrected chi connectivity index (χ1v) is 7.16. The molecule has 3 heteroatoms. The highest BCUT2D eigenvalue weighted by molar-refractivity contribution is 5.95. The fraction of sp³-hybridized carbons (Fsp3) is 0.562. The van der Waals surface area contributed by atoms with E-state index in [0.29, 0.717) is 12.0 Å². The van der Waals surface area contributed by atoms with Crippen molar-refractivity contribution < 1.29 is 4.79 Å². The highest BCUT2D eigenvalue weighted by Crippen LogP contribution is 2.24. The monoisotopic (exact) mass is 260 g/mol. The Bertz CT molecular complexity index is 442. The molecule has 104 valence electrons. The molecule has 0 spiro atoms. The van der Waals surface area contributed by atoms with Gasteiger partial charge in [-0.1, -0.05) is 25.8 Å². The number of rotatable bonds is 3. The summed E-state index contributed by atoms with van der Waals surface area (Å²) in [6.45, 7) is 2.24. The third-order valence-electron chi connectivity index (χ3n) is 4.05. The van der Waals surface area contributed by atoms with Crippen molar-refractivity contribution >= 4 is 11.6 Å². The van der Waals surface area contributed by atoms with E-state index < -0.39 is 0 Å². The standard InChI is InChI=1S/C16H24N2O/c1-12-7-4-5-10-15(12)17-16(19)13-8-6-9-14(11-13)18(2)3/h6,8-9,11-12,15H,4-5,7,10H2,1-3H3,(H,17,19)/t12-,15+/m1/s1. The third kappa shape index (κ3) is 3.49. The van der Waals surface area contributed by atoms with Crippen molar-refractivity contribution in [2.45, 2.75) is 38.6 Å². The van der Waals surface area contributed by atoms with Crippen LogP contribution in [0.4, 0.5) is 5.69 Å². The average molecular weight is 260 g/mol. The van der Waals surface area contributed by atoms with E-state index in [4.69, 9.17) is 0 Å². The van der Waals surface area contributed by atoms with E-state index in [-0.39, 0.29) is 5.91 Å². The minimum absolute atomic E-state index is 0.0578. The molecule has 1 aromatic rings. The van der Waals surface area contributed by atoms with Crippen molar-refractivity contribution in [3.05, 3.63) is 29.8 Å². The predicted octanol–water partition coefficient (Wildman–Crippen LogP) is 3.06. The maximum absolute atomic E-state index is 12.3. The number of nitrogens with zero attached hydrogens (tertiary/aromatic N) is 1. The third-order valence-corrected chi connectivity index (χ3v) is 4.05. The molecule has 0 aromatic heterocycles. The Morgan fingerprint density at radius 2 is 2.00 bits per heavy atom. The summed E-state index contributed by atoms with van der Waals surface area (Å²) >= 11 is 0. The zero-order chi connectivity index (χ0) is 13.8. The zero-order valence-corrected chi connectivity index (χ0v) is 12.1. The summed E-state index contributed by atoms with van der Waals surface area (Å²) in [5, 5.41) is 3.19. The van der Waals surface area contributed by atoms with Crippen LogP contribution in [0.25, 0.3) is 0 Å². The molecule has 1 fully saturated rings. The van der Waals surface area contributed by atoms with Gasteiger partial charge in [0.1, 0.15) is 0 Å². The van der Waals surface area contributed by atoms with Crippen LogP contribution in [0.15, 0.2) is 24.3 Å². The van der Waals surface area contributed by atoms with Gasteiger partial charge in [0.05, 0.1) is 0 Å². The molecular weight excluding hydrogens is 236 g/mol. The molecule has 3 nitrogen and oxygen atoms in total. The maximum Gasteiger partial charge on any atom is 0.251 e. The largest absolute Gasteiger partial charge is 0.378 e. The lowest BCUT2D eigenvalue weighted by molar-refractivity contribution is 0.0910. The van der Waals surface area contributed by atoms with Gasteiger partial charge in [0.25, 0.3) is 5.91 Å². The molecule has 19 heavy (non-hydrogen) atoms. The van der Waals surface area contributed by atoms with Crippen molar-refractivity contribution in [1.82, 2.24) is 5.32 Å². The fourth-order valence-electron chi connectivity index (χ4n) is 2.71. The van der Waals surface area contributed by atoms with Crippen LogP contribution in [0, 0.1) is 5.92 Å². The Hall–Kier alpha value is -1.51. The van der Waals surface area contributed by atoms with Crippen LogP contribution in [0.1, 0.15) is 43.0 Å². The van der Waals surface area contributed by atoms with E-state index in [2.05, 4.69) is 12.2 Å². The summed E-state index contributed by atoms with van der Waals surface area (Å²) in [6.07, 6.45) is 4.86. The van der Waals surface area contributed by atoms with E-state index in [1.54, 1.807) is 0 Å². The summed E-state index contributed by atoms with van der Waals surface area (Å²) in [6, 6.07) is 8.12. The van der Waals surface area contributed by atoms with E-state index in [0.717, 1.165) is 17.7 Å². The second-order valence-corrected chi connectivity index (χ2v) is 5.79. The Morgan fingerprint density at radius 3 is 2.68 bits per heavy atom. The van der Waals surface area contributed by atoms with Crippen LogP contribution >= 0.6 is 0 Å². The van der Waals surface area contributed by atoms with Gasteiger partial charge >= 0.3 is 0 Å². The number of hydrogen-bond acceptors (Lipinski definition) is 2. The highest BCUT2D eigenvalue weighted by atomic mass is 16.1. The topological polar surface area (TPSA) is 32.3 Å². The van der Waals surface area contributed by atoms with Gasteiger partial charge in [-0.25, -0.2) is 0 Å². The van der Waals surface area contributed by atoms with Gasteiger partial charge in [-0.2, -0.15) is 0 Å². The normalized spacial score (nSPS) is 22.9. The van der Waals surface area contributed by atoms with Crippen LogP contribution in [0.2, 0.25) is 0 Å². The Labute approximate surface area is 116 Å². The summed E-state index contributed by atoms with van der Waals surface area (Å²) in [5.41, 5.74) is 1.81. The van der Waals surface area contributed by atoms with Gasteiger partial charge in [0.15, 0.2) is 0 Å². The summed E-state index contributed by atoms with van der Waals surface area (Å²) in [4.78, 5) is 14.3. The van der Waals surface area contributed by atoms with Crippen molar-refractivity contribution in [3.63, 3.8) is 0 Å². The lowest BCUT2D eigenvalue weighted by Gasteiger charge is -2.29. The van der Waals surface area contributed by atoms with Gasteiger partial charge < -0.3 is 10.2 Å². The first-order chi connectivity index (χ1) is 9.08. The second kappa shape index (κ2) is 6.09. The minimum atomic E-state index is 0.0578. The minimum Gasteiger partial charge on any atom is -0.378 e. The first kappa shape index (κ1) is 13.9. The van der Waals surface area contributed by atoms with Gasteiger partial charge in [0, 0.05) is 31.4 Å². The van der Waals surface area contributed by atoms with Crippen LogP contribution in [-0.2, 0) is 0 Å². The first-order valence-electron chi connectivity index (χ1n) is 7.16. The predicted molar refractivity (Wildman–Crippen MR) is 79.7 cm³/mol. The quantitative estimate of drug-likeness (QED) is 0.906. The summed E-state index contributed by atoms with van der Waals surface area (Å²) < 4.78 is 0. The van der Waals surface area contributed by atoms with E-state index in [1.807, 2.05) is 43.3 Å². The van der Waals surface area contributed by atoms with Gasteiger partial charge in [0.2, 0.25) is 0 Å². The lowest BCUT2D eigenvalue weighted by Crippen LogP contribution is -2.41. The zero-order valence-electron chi connectivity index (χ0n) is 12.1. The van der Waals surface area contributed by atoms with Crippen LogP contribution in [-0.4, -0.2) is 26.0 Å². The van der Waals surface area contributed by atoms with Crippen molar-refractivity contribution in [2.24, 2.45) is 5.92 Å². The molecule has 0 heterocycles. The average Bonchev–Trinajstić information content (AvgIpc) is 2.41. The molecule has 0 unspecified atom stereocenters. The number of anilines is 1. The fourth-order valence-corrected chi connectivity index (χ4v) is 2.71. The Morgan fingerprint density at radius 1 is 1.26 bits per heavy atom. The number of amides is 1. The molecule has 1 aliphatic rings. The number of carbonyl (C=O) groups is 1. The Balaban J connectivity index is 2.05. The molecule has 2 rings (SSSR count). The van der Waals surface area contributed by atoms with Gasteiger partial charge in [-0.15, -0.1) is 0 Å². The van der Waals surface area contributed by atoms with Crippen molar-refractivity contribution in [3.8, 4) is 0 Å².